The molecule has 0 saturated carbocycles. The molecule has 3 N–H and O–H groups in total. The maximum absolute atomic E-state index is 13.4. The molecule has 4 aliphatic rings. The summed E-state index contributed by atoms with van der Waals surface area (Å²) in [6.45, 7) is 7.41. The largest absolute Gasteiger partial charge is 0.480 e. The highest BCUT2D eigenvalue weighted by atomic mass is 79.9. The number of halogens is 3. The summed E-state index contributed by atoms with van der Waals surface area (Å²) in [6, 6.07) is 10.2. The van der Waals surface area contributed by atoms with E-state index < -0.39 is 77.9 Å². The number of rotatable bonds is 13. The molecule has 67 heavy (non-hydrogen) atoms. The number of esters is 1. The summed E-state index contributed by atoms with van der Waals surface area (Å²) >= 11 is 9.70. The molecule has 4 amide bonds. The van der Waals surface area contributed by atoms with E-state index in [2.05, 4.69) is 67.9 Å². The normalized spacial score (nSPS) is 22.6. The molecular formula is C44H55Br3N4O16. The van der Waals surface area contributed by atoms with Crippen LogP contribution in [-0.2, 0) is 52.3 Å². The van der Waals surface area contributed by atoms with Crippen molar-refractivity contribution in [2.24, 2.45) is 11.8 Å². The zero-order valence-electron chi connectivity index (χ0n) is 37.8. The summed E-state index contributed by atoms with van der Waals surface area (Å²) < 4.78 is 38.0. The fraction of sp³-hybridized carbons (Fsp3) is 0.545. The van der Waals surface area contributed by atoms with Gasteiger partial charge in [0.2, 0.25) is 11.8 Å². The number of nitrogens with one attached hydrogen (secondary N) is 2. The van der Waals surface area contributed by atoms with E-state index in [-0.39, 0.29) is 76.1 Å². The summed E-state index contributed by atoms with van der Waals surface area (Å²) in [5.41, 5.74) is -0.491. The summed E-state index contributed by atoms with van der Waals surface area (Å²) in [6.07, 6.45) is -1.17. The van der Waals surface area contributed by atoms with Crippen molar-refractivity contribution in [1.29, 1.82) is 0 Å². The minimum atomic E-state index is -1.11. The first-order valence-electron chi connectivity index (χ1n) is 21.0. The first kappa shape index (κ1) is 55.1. The van der Waals surface area contributed by atoms with Crippen LogP contribution in [0, 0.1) is 11.8 Å². The zero-order valence-corrected chi connectivity index (χ0v) is 42.5. The molecule has 0 bridgehead atoms. The maximum atomic E-state index is 13.4. The lowest BCUT2D eigenvalue weighted by Crippen LogP contribution is -2.54. The smallest absolute Gasteiger partial charge is 0.407 e. The second-order valence-electron chi connectivity index (χ2n) is 16.6. The van der Waals surface area contributed by atoms with E-state index in [1.165, 1.54) is 24.0 Å². The monoisotopic (exact) mass is 1130 g/mol. The van der Waals surface area contributed by atoms with Crippen molar-refractivity contribution < 1.29 is 76.6 Å². The number of hydrogen-bond acceptors (Lipinski definition) is 15. The van der Waals surface area contributed by atoms with Gasteiger partial charge in [-0.3, -0.25) is 19.2 Å². The quantitative estimate of drug-likeness (QED) is 0.106. The number of carboxylic acid groups (broad SMARTS) is 1. The Morgan fingerprint density at radius 1 is 0.687 bits per heavy atom. The average Bonchev–Trinajstić information content (AvgIpc) is 4.14. The molecule has 2 aromatic carbocycles. The molecule has 4 saturated heterocycles. The molecule has 6 rings (SSSR count). The van der Waals surface area contributed by atoms with E-state index in [4.69, 9.17) is 23.7 Å². The van der Waals surface area contributed by atoms with Crippen LogP contribution < -0.4 is 10.6 Å². The lowest BCUT2D eigenvalue weighted by molar-refractivity contribution is -0.153. The second kappa shape index (κ2) is 25.2. The Hall–Kier alpha value is -4.52. The Labute approximate surface area is 412 Å². The highest BCUT2D eigenvalue weighted by Gasteiger charge is 2.55. The molecule has 4 aliphatic heterocycles. The van der Waals surface area contributed by atoms with E-state index in [0.717, 1.165) is 14.5 Å². The zero-order chi connectivity index (χ0) is 49.6. The highest BCUT2D eigenvalue weighted by Crippen LogP contribution is 2.37. The fourth-order valence-electron chi connectivity index (χ4n) is 7.50. The van der Waals surface area contributed by atoms with Crippen molar-refractivity contribution in [3.05, 3.63) is 68.6 Å². The van der Waals surface area contributed by atoms with Crippen molar-refractivity contribution in [1.82, 2.24) is 20.4 Å². The Balaban J connectivity index is 0.000000248. The molecule has 368 valence electrons. The predicted molar refractivity (Wildman–Crippen MR) is 247 cm³/mol. The van der Waals surface area contributed by atoms with Gasteiger partial charge < -0.3 is 58.7 Å². The van der Waals surface area contributed by atoms with Crippen LogP contribution in [0.1, 0.15) is 61.3 Å². The first-order chi connectivity index (χ1) is 31.7. The minimum Gasteiger partial charge on any atom is -0.480 e. The number of alkyl halides is 1. The Morgan fingerprint density at radius 3 is 1.45 bits per heavy atom. The van der Waals surface area contributed by atoms with Crippen molar-refractivity contribution in [3.63, 3.8) is 0 Å². The van der Waals surface area contributed by atoms with Crippen LogP contribution in [0.3, 0.4) is 0 Å². The summed E-state index contributed by atoms with van der Waals surface area (Å²) in [4.78, 5) is 99.9. The number of amides is 4. The fourth-order valence-corrected chi connectivity index (χ4v) is 8.35. The third kappa shape index (κ3) is 15.0. The number of likely N-dealkylation sites (tertiary alicyclic amines) is 2. The van der Waals surface area contributed by atoms with Crippen LogP contribution in [-0.4, -0.2) is 164 Å². The number of aliphatic carboxylic acids is 1. The van der Waals surface area contributed by atoms with Gasteiger partial charge >= 0.3 is 24.1 Å². The van der Waals surface area contributed by atoms with Gasteiger partial charge in [0.25, 0.3) is 0 Å². The van der Waals surface area contributed by atoms with E-state index in [1.54, 1.807) is 64.1 Å². The highest BCUT2D eigenvalue weighted by molar-refractivity contribution is 9.10. The van der Waals surface area contributed by atoms with Crippen molar-refractivity contribution >= 4 is 95.3 Å². The van der Waals surface area contributed by atoms with Crippen LogP contribution in [0.15, 0.2) is 57.5 Å². The number of ether oxygens (including phenoxy) is 7. The van der Waals surface area contributed by atoms with Gasteiger partial charge in [-0.1, -0.05) is 99.8 Å². The van der Waals surface area contributed by atoms with Gasteiger partial charge in [-0.05, 0) is 36.1 Å². The second-order valence-corrected chi connectivity index (χ2v) is 19.0. The molecule has 2 aromatic rings. The average molecular weight is 1140 g/mol. The molecule has 2 unspecified atom stereocenters. The number of ketones is 2. The van der Waals surface area contributed by atoms with Gasteiger partial charge in [0, 0.05) is 32.9 Å². The molecule has 4 heterocycles. The number of nitrogens with zero attached hydrogens (tertiary/aromatic N) is 2. The predicted octanol–water partition coefficient (Wildman–Crippen LogP) is 4.72. The minimum absolute atomic E-state index is 0.0554. The number of benzene rings is 2. The molecule has 0 radical (unpaired) electrons. The van der Waals surface area contributed by atoms with Gasteiger partial charge in [0.15, 0.2) is 18.2 Å². The first-order valence-corrected chi connectivity index (χ1v) is 23.7. The van der Waals surface area contributed by atoms with E-state index >= 15 is 0 Å². The summed E-state index contributed by atoms with van der Waals surface area (Å²) in [5.74, 6) is -3.52. The van der Waals surface area contributed by atoms with Crippen LogP contribution in [0.25, 0.3) is 0 Å². The Morgan fingerprint density at radius 2 is 1.09 bits per heavy atom. The lowest BCUT2D eigenvalue weighted by atomic mass is 10.0. The molecule has 6 atom stereocenters. The SMILES string of the molecule is COC(=O)N[C@H](C(=O)N1CC2(COCO2)C[C@H]1C(=O)O)C(C)C.COC(=O)N[C@H](C(=O)N1CC2(COCO2)C[C@H]1C(=O)OCC(=O)c1ccc(Br)cc1)C(C)C.O=C(CBr)c1ccc(Br)cc1. The molecule has 23 heteroatoms. The van der Waals surface area contributed by atoms with Gasteiger partial charge in [-0.15, -0.1) is 0 Å². The molecule has 4 fully saturated rings. The van der Waals surface area contributed by atoms with Crippen molar-refractivity contribution in [2.75, 3.05) is 66.0 Å². The number of carbonyl (C=O) groups excluding carboxylic acids is 7. The Kier molecular flexibility index (Phi) is 20.7. The number of carboxylic acids is 1. The molecular weight excluding hydrogens is 1080 g/mol. The number of carbonyl (C=O) groups is 8. The van der Waals surface area contributed by atoms with Crippen LogP contribution in [0.2, 0.25) is 0 Å². The van der Waals surface area contributed by atoms with Gasteiger partial charge in [-0.2, -0.15) is 0 Å². The van der Waals surface area contributed by atoms with Crippen molar-refractivity contribution in [2.45, 2.75) is 75.9 Å². The third-order valence-electron chi connectivity index (χ3n) is 11.1. The third-order valence-corrected chi connectivity index (χ3v) is 12.7. The molecule has 2 spiro atoms. The molecule has 0 aliphatic carbocycles. The molecule has 20 nitrogen and oxygen atoms in total. The number of Topliss-reactive ketones (excluding diaryl/α,β-unsaturated/α-hetero) is 2. The number of hydrogen-bond donors (Lipinski definition) is 3. The van der Waals surface area contributed by atoms with Crippen LogP contribution in [0.4, 0.5) is 9.59 Å². The number of alkyl carbamates (subject to hydrolysis) is 2. The van der Waals surface area contributed by atoms with Gasteiger partial charge in [0.05, 0.1) is 45.9 Å². The van der Waals surface area contributed by atoms with E-state index in [0.29, 0.717) is 10.9 Å². The maximum Gasteiger partial charge on any atom is 0.407 e. The van der Waals surface area contributed by atoms with Crippen LogP contribution >= 0.6 is 47.8 Å². The van der Waals surface area contributed by atoms with Gasteiger partial charge in [-0.25, -0.2) is 19.2 Å². The number of methoxy groups -OCH3 is 2. The van der Waals surface area contributed by atoms with Gasteiger partial charge in [0.1, 0.15) is 49.0 Å². The summed E-state index contributed by atoms with van der Waals surface area (Å²) in [7, 11) is 2.40. The standard InChI is InChI=1S/C22H27BrN2O8.C14H22N2O7.C8H6Br2O/c1-13(2)18(24-21(29)30-3)19(27)25-10-22(11-31-12-33-22)8-16(25)20(28)32-9-17(26)14-4-6-15(23)7-5-14;1-8(2)10(15-13(20)21-3)11(17)16-5-14(6-22-7-23-14)4-9(16)12(18)19;9-5-8(11)6-1-3-7(10)4-2-6/h4-7,13,16,18H,8-12H2,1-3H3,(H,24,29);8-10H,4-7H2,1-3H3,(H,15,20)(H,18,19);1-4H,5H2/t16-,18-,22?;9-,10-,14?;/m00./s1. The summed E-state index contributed by atoms with van der Waals surface area (Å²) in [5, 5.41) is 14.8. The molecule has 0 aromatic heterocycles. The van der Waals surface area contributed by atoms with E-state index in [1.807, 2.05) is 12.1 Å². The topological polar surface area (TPSA) is 252 Å². The lowest BCUT2D eigenvalue weighted by Gasteiger charge is -2.30. The van der Waals surface area contributed by atoms with E-state index in [9.17, 15) is 43.5 Å². The van der Waals surface area contributed by atoms with Crippen molar-refractivity contribution in [3.8, 4) is 0 Å². The van der Waals surface area contributed by atoms with Crippen LogP contribution in [0.5, 0.6) is 0 Å². The Bertz CT molecular complexity index is 2080.